The fourth-order valence-corrected chi connectivity index (χ4v) is 4.50. The molecule has 1 unspecified atom stereocenters. The highest BCUT2D eigenvalue weighted by atomic mass is 32.2. The Labute approximate surface area is 172 Å². The minimum absolute atomic E-state index is 0.155. The highest BCUT2D eigenvalue weighted by molar-refractivity contribution is 7.89. The largest absolute Gasteiger partial charge is 0.514 e. The molecule has 0 spiro atoms. The van der Waals surface area contributed by atoms with Gasteiger partial charge in [0.15, 0.2) is 5.65 Å². The zero-order chi connectivity index (χ0) is 21.2. The van der Waals surface area contributed by atoms with Crippen molar-refractivity contribution in [2.24, 2.45) is 0 Å². The molecule has 1 atom stereocenters. The number of aromatic nitrogens is 2. The van der Waals surface area contributed by atoms with Crippen LogP contribution in [0.1, 0.15) is 34.6 Å². The van der Waals surface area contributed by atoms with E-state index in [1.807, 2.05) is 33.8 Å². The first-order valence-corrected chi connectivity index (χ1v) is 11.7. The molecule has 0 saturated carbocycles. The van der Waals surface area contributed by atoms with E-state index < -0.39 is 28.3 Å². The SMILES string of the molecule is CC1COCCN1c1cc(B2OC(C)(C)C(C)(C)O2)nc2c1ccn2S(C)(=O)=O. The van der Waals surface area contributed by atoms with Crippen LogP contribution in [0.15, 0.2) is 18.3 Å². The first-order valence-electron chi connectivity index (χ1n) is 9.83. The summed E-state index contributed by atoms with van der Waals surface area (Å²) in [6.45, 7) is 12.0. The summed E-state index contributed by atoms with van der Waals surface area (Å²) < 4.78 is 43.8. The second-order valence-electron chi connectivity index (χ2n) is 8.88. The maximum absolute atomic E-state index is 12.3. The summed E-state index contributed by atoms with van der Waals surface area (Å²) in [4.78, 5) is 6.90. The summed E-state index contributed by atoms with van der Waals surface area (Å²) in [7, 11) is -4.18. The Morgan fingerprint density at radius 2 is 1.86 bits per heavy atom. The lowest BCUT2D eigenvalue weighted by Crippen LogP contribution is -2.45. The normalized spacial score (nSPS) is 24.4. The molecule has 0 radical (unpaired) electrons. The minimum atomic E-state index is -3.50. The van der Waals surface area contributed by atoms with E-state index in [1.165, 1.54) is 10.2 Å². The third-order valence-corrected chi connectivity index (χ3v) is 7.16. The summed E-state index contributed by atoms with van der Waals surface area (Å²) in [5.41, 5.74) is 0.832. The molecule has 0 aliphatic carbocycles. The number of pyridine rings is 1. The van der Waals surface area contributed by atoms with Gasteiger partial charge in [-0.15, -0.1) is 0 Å². The highest BCUT2D eigenvalue weighted by Gasteiger charge is 2.52. The van der Waals surface area contributed by atoms with Crippen molar-refractivity contribution in [3.63, 3.8) is 0 Å². The van der Waals surface area contributed by atoms with Crippen LogP contribution in [0.25, 0.3) is 11.0 Å². The first kappa shape index (κ1) is 20.6. The van der Waals surface area contributed by atoms with E-state index in [4.69, 9.17) is 14.0 Å². The topological polar surface area (TPSA) is 82.9 Å². The number of rotatable bonds is 3. The van der Waals surface area contributed by atoms with Crippen molar-refractivity contribution in [1.82, 2.24) is 8.96 Å². The number of ether oxygens (including phenoxy) is 1. The van der Waals surface area contributed by atoms with E-state index in [1.54, 1.807) is 12.3 Å². The lowest BCUT2D eigenvalue weighted by Gasteiger charge is -2.35. The summed E-state index contributed by atoms with van der Waals surface area (Å²) in [6, 6.07) is 3.91. The Kier molecular flexibility index (Phi) is 4.77. The maximum Gasteiger partial charge on any atom is 0.514 e. The van der Waals surface area contributed by atoms with Crippen molar-refractivity contribution in [1.29, 1.82) is 0 Å². The lowest BCUT2D eigenvalue weighted by molar-refractivity contribution is 0.00578. The average molecular weight is 421 g/mol. The molecule has 0 amide bonds. The number of morpholine rings is 1. The van der Waals surface area contributed by atoms with E-state index in [0.29, 0.717) is 31.0 Å². The Morgan fingerprint density at radius 3 is 2.45 bits per heavy atom. The van der Waals surface area contributed by atoms with Crippen molar-refractivity contribution in [3.05, 3.63) is 18.3 Å². The van der Waals surface area contributed by atoms with Crippen LogP contribution in [0, 0.1) is 0 Å². The number of nitrogens with zero attached hydrogens (tertiary/aromatic N) is 3. The van der Waals surface area contributed by atoms with Crippen molar-refractivity contribution < 1.29 is 22.5 Å². The molecule has 2 aliphatic rings. The molecule has 0 N–H and O–H groups in total. The zero-order valence-electron chi connectivity index (χ0n) is 17.8. The van der Waals surface area contributed by atoms with Crippen molar-refractivity contribution in [2.45, 2.75) is 51.9 Å². The number of anilines is 1. The Hall–Kier alpha value is -1.62. The predicted octanol–water partition coefficient (Wildman–Crippen LogP) is 1.37. The highest BCUT2D eigenvalue weighted by Crippen LogP contribution is 2.37. The van der Waals surface area contributed by atoms with Crippen LogP contribution < -0.4 is 10.5 Å². The van der Waals surface area contributed by atoms with E-state index in [9.17, 15) is 8.42 Å². The molecule has 10 heteroatoms. The molecule has 2 fully saturated rings. The van der Waals surface area contributed by atoms with Crippen molar-refractivity contribution >= 4 is 39.5 Å². The second-order valence-corrected chi connectivity index (χ2v) is 10.7. The van der Waals surface area contributed by atoms with Crippen LogP contribution in [-0.2, 0) is 24.1 Å². The molecular weight excluding hydrogens is 393 g/mol. The molecular formula is C19H28BN3O5S. The van der Waals surface area contributed by atoms with Gasteiger partial charge in [0.05, 0.1) is 36.3 Å². The van der Waals surface area contributed by atoms with Crippen LogP contribution in [-0.4, -0.2) is 67.8 Å². The molecule has 158 valence electrons. The van der Waals surface area contributed by atoms with Gasteiger partial charge in [-0.3, -0.25) is 0 Å². The van der Waals surface area contributed by atoms with Gasteiger partial charge in [0.1, 0.15) is 0 Å². The molecule has 0 aromatic carbocycles. The van der Waals surface area contributed by atoms with Crippen LogP contribution in [0.2, 0.25) is 0 Å². The monoisotopic (exact) mass is 421 g/mol. The van der Waals surface area contributed by atoms with E-state index in [-0.39, 0.29) is 6.04 Å². The van der Waals surface area contributed by atoms with Gasteiger partial charge in [-0.05, 0) is 46.8 Å². The van der Waals surface area contributed by atoms with Gasteiger partial charge in [0.25, 0.3) is 0 Å². The Morgan fingerprint density at radius 1 is 1.21 bits per heavy atom. The van der Waals surface area contributed by atoms with Gasteiger partial charge in [-0.25, -0.2) is 17.4 Å². The number of fused-ring (bicyclic) bond motifs is 1. The van der Waals surface area contributed by atoms with Gasteiger partial charge in [-0.1, -0.05) is 0 Å². The Balaban J connectivity index is 1.90. The van der Waals surface area contributed by atoms with E-state index in [0.717, 1.165) is 11.1 Å². The number of hydrogen-bond donors (Lipinski definition) is 0. The van der Waals surface area contributed by atoms with E-state index >= 15 is 0 Å². The van der Waals surface area contributed by atoms with Crippen molar-refractivity contribution in [2.75, 3.05) is 30.9 Å². The Bertz CT molecular complexity index is 1030. The third-order valence-electron chi connectivity index (χ3n) is 6.15. The first-order chi connectivity index (χ1) is 13.4. The van der Waals surface area contributed by atoms with Gasteiger partial charge >= 0.3 is 7.12 Å². The predicted molar refractivity (Wildman–Crippen MR) is 113 cm³/mol. The molecule has 8 nitrogen and oxygen atoms in total. The summed E-state index contributed by atoms with van der Waals surface area (Å²) in [5.74, 6) is 0. The van der Waals surface area contributed by atoms with Gasteiger partial charge in [0, 0.05) is 29.9 Å². The van der Waals surface area contributed by atoms with Gasteiger partial charge in [-0.2, -0.15) is 0 Å². The minimum Gasteiger partial charge on any atom is -0.398 e. The van der Waals surface area contributed by atoms with Crippen LogP contribution >= 0.6 is 0 Å². The summed E-state index contributed by atoms with van der Waals surface area (Å²) in [6.07, 6.45) is 2.72. The third kappa shape index (κ3) is 3.46. The summed E-state index contributed by atoms with van der Waals surface area (Å²) in [5, 5.41) is 0.782. The molecule has 29 heavy (non-hydrogen) atoms. The zero-order valence-corrected chi connectivity index (χ0v) is 18.6. The smallest absolute Gasteiger partial charge is 0.398 e. The lowest BCUT2D eigenvalue weighted by atomic mass is 9.83. The van der Waals surface area contributed by atoms with Gasteiger partial charge in [0.2, 0.25) is 10.0 Å². The maximum atomic E-state index is 12.3. The van der Waals surface area contributed by atoms with Crippen LogP contribution in [0.4, 0.5) is 5.69 Å². The van der Waals surface area contributed by atoms with Crippen LogP contribution in [0.3, 0.4) is 0 Å². The molecule has 0 bridgehead atoms. The van der Waals surface area contributed by atoms with Crippen LogP contribution in [0.5, 0.6) is 0 Å². The molecule has 2 aromatic heterocycles. The van der Waals surface area contributed by atoms with E-state index in [2.05, 4.69) is 16.8 Å². The fourth-order valence-electron chi connectivity index (χ4n) is 3.76. The van der Waals surface area contributed by atoms with Gasteiger partial charge < -0.3 is 18.9 Å². The molecule has 2 aliphatic heterocycles. The molecule has 4 heterocycles. The standard InChI is InChI=1S/C19H28BN3O5S/c1-13-12-26-10-9-22(13)15-11-16(20-27-18(2,3)19(4,5)28-20)21-17-14(15)7-8-23(17)29(6,24)25/h7-8,11,13H,9-10,12H2,1-6H3. The van der Waals surface area contributed by atoms with Crippen molar-refractivity contribution in [3.8, 4) is 0 Å². The molecule has 2 aromatic rings. The summed E-state index contributed by atoms with van der Waals surface area (Å²) >= 11 is 0. The quantitative estimate of drug-likeness (QED) is 0.693. The molecule has 4 rings (SSSR count). The average Bonchev–Trinajstić information content (AvgIpc) is 3.13. The number of hydrogen-bond acceptors (Lipinski definition) is 7. The molecule has 2 saturated heterocycles. The second kappa shape index (κ2) is 6.70. The fraction of sp³-hybridized carbons (Fsp3) is 0.632.